The van der Waals surface area contributed by atoms with Gasteiger partial charge in [-0.25, -0.2) is 4.98 Å². The van der Waals surface area contributed by atoms with Crippen LogP contribution in [0.5, 0.6) is 0 Å². The number of benzene rings is 2. The number of halogens is 1. The van der Waals surface area contributed by atoms with E-state index in [1.165, 1.54) is 0 Å². The van der Waals surface area contributed by atoms with Gasteiger partial charge in [-0.05, 0) is 37.3 Å². The second kappa shape index (κ2) is 5.41. The molecular formula is C17H18ClN3. The van der Waals surface area contributed by atoms with Crippen molar-refractivity contribution in [1.82, 2.24) is 9.55 Å². The summed E-state index contributed by atoms with van der Waals surface area (Å²) in [5.41, 5.74) is 4.28. The van der Waals surface area contributed by atoms with Crippen LogP contribution in [0, 0.1) is 0 Å². The van der Waals surface area contributed by atoms with Crippen molar-refractivity contribution in [3.8, 4) is 5.69 Å². The molecule has 2 aromatic carbocycles. The summed E-state index contributed by atoms with van der Waals surface area (Å²) in [5, 5.41) is -0.152. The SMILES string of the molecule is CC(Cl)c1nc2ccccc2n1-c1cccc(N(C)C)c1. The van der Waals surface area contributed by atoms with Crippen LogP contribution in [0.3, 0.4) is 0 Å². The van der Waals surface area contributed by atoms with Gasteiger partial charge in [0.05, 0.1) is 16.4 Å². The van der Waals surface area contributed by atoms with Crippen molar-refractivity contribution < 1.29 is 0 Å². The molecule has 0 saturated heterocycles. The van der Waals surface area contributed by atoms with Crippen molar-refractivity contribution in [2.75, 3.05) is 19.0 Å². The Hall–Kier alpha value is -2.00. The summed E-state index contributed by atoms with van der Waals surface area (Å²) in [6.07, 6.45) is 0. The molecule has 108 valence electrons. The first-order valence-corrected chi connectivity index (χ1v) is 7.41. The quantitative estimate of drug-likeness (QED) is 0.669. The number of hydrogen-bond acceptors (Lipinski definition) is 2. The highest BCUT2D eigenvalue weighted by molar-refractivity contribution is 6.20. The highest BCUT2D eigenvalue weighted by Gasteiger charge is 2.16. The molecule has 21 heavy (non-hydrogen) atoms. The molecule has 3 aromatic rings. The van der Waals surface area contributed by atoms with Crippen molar-refractivity contribution >= 4 is 28.3 Å². The Kier molecular flexibility index (Phi) is 3.60. The van der Waals surface area contributed by atoms with E-state index in [1.807, 2.05) is 39.2 Å². The van der Waals surface area contributed by atoms with Gasteiger partial charge in [-0.1, -0.05) is 18.2 Å². The summed E-state index contributed by atoms with van der Waals surface area (Å²) >= 11 is 6.34. The van der Waals surface area contributed by atoms with E-state index in [2.05, 4.69) is 44.8 Å². The topological polar surface area (TPSA) is 21.1 Å². The first-order valence-electron chi connectivity index (χ1n) is 6.97. The fraction of sp³-hybridized carbons (Fsp3) is 0.235. The average Bonchev–Trinajstić information content (AvgIpc) is 2.87. The lowest BCUT2D eigenvalue weighted by Gasteiger charge is -2.16. The van der Waals surface area contributed by atoms with Crippen LogP contribution in [0.4, 0.5) is 5.69 Å². The molecular weight excluding hydrogens is 282 g/mol. The predicted octanol–water partition coefficient (Wildman–Crippen LogP) is 4.39. The van der Waals surface area contributed by atoms with Crippen LogP contribution in [0.1, 0.15) is 18.1 Å². The highest BCUT2D eigenvalue weighted by atomic mass is 35.5. The molecule has 0 bridgehead atoms. The summed E-state index contributed by atoms with van der Waals surface area (Å²) in [6, 6.07) is 16.5. The van der Waals surface area contributed by atoms with Gasteiger partial charge in [0.1, 0.15) is 5.82 Å². The van der Waals surface area contributed by atoms with E-state index in [0.717, 1.165) is 28.2 Å². The van der Waals surface area contributed by atoms with E-state index >= 15 is 0 Å². The van der Waals surface area contributed by atoms with Crippen molar-refractivity contribution in [1.29, 1.82) is 0 Å². The second-order valence-electron chi connectivity index (χ2n) is 5.32. The Morgan fingerprint density at radius 1 is 1.10 bits per heavy atom. The molecule has 0 aliphatic heterocycles. The number of anilines is 1. The lowest BCUT2D eigenvalue weighted by molar-refractivity contribution is 0.882. The zero-order chi connectivity index (χ0) is 15.0. The molecule has 4 heteroatoms. The fourth-order valence-electron chi connectivity index (χ4n) is 2.49. The number of rotatable bonds is 3. The fourth-order valence-corrected chi connectivity index (χ4v) is 2.64. The maximum atomic E-state index is 6.34. The van der Waals surface area contributed by atoms with E-state index in [4.69, 9.17) is 11.6 Å². The van der Waals surface area contributed by atoms with Gasteiger partial charge >= 0.3 is 0 Å². The van der Waals surface area contributed by atoms with Crippen LogP contribution < -0.4 is 4.90 Å². The van der Waals surface area contributed by atoms with E-state index in [1.54, 1.807) is 0 Å². The maximum absolute atomic E-state index is 6.34. The van der Waals surface area contributed by atoms with Crippen molar-refractivity contribution in [2.45, 2.75) is 12.3 Å². The zero-order valence-electron chi connectivity index (χ0n) is 12.4. The number of imidazole rings is 1. The summed E-state index contributed by atoms with van der Waals surface area (Å²) in [6.45, 7) is 1.95. The summed E-state index contributed by atoms with van der Waals surface area (Å²) in [4.78, 5) is 6.77. The average molecular weight is 300 g/mol. The molecule has 3 rings (SSSR count). The molecule has 0 radical (unpaired) electrons. The summed E-state index contributed by atoms with van der Waals surface area (Å²) in [7, 11) is 4.08. The van der Waals surface area contributed by atoms with Crippen LogP contribution >= 0.6 is 11.6 Å². The number of para-hydroxylation sites is 2. The number of fused-ring (bicyclic) bond motifs is 1. The lowest BCUT2D eigenvalue weighted by Crippen LogP contribution is -2.09. The van der Waals surface area contributed by atoms with Gasteiger partial charge in [-0.2, -0.15) is 0 Å². The largest absolute Gasteiger partial charge is 0.378 e. The minimum absolute atomic E-state index is 0.152. The third-order valence-corrected chi connectivity index (χ3v) is 3.74. The molecule has 1 unspecified atom stereocenters. The Bertz CT molecular complexity index is 775. The summed E-state index contributed by atoms with van der Waals surface area (Å²) < 4.78 is 2.14. The Balaban J connectivity index is 2.28. The van der Waals surface area contributed by atoms with Crippen LogP contribution in [0.2, 0.25) is 0 Å². The molecule has 0 saturated carbocycles. The normalized spacial score (nSPS) is 12.6. The Morgan fingerprint density at radius 3 is 2.57 bits per heavy atom. The van der Waals surface area contributed by atoms with Gasteiger partial charge in [0.15, 0.2) is 0 Å². The van der Waals surface area contributed by atoms with Gasteiger partial charge in [0.2, 0.25) is 0 Å². The Morgan fingerprint density at radius 2 is 1.86 bits per heavy atom. The first-order chi connectivity index (χ1) is 10.1. The van der Waals surface area contributed by atoms with Crippen LogP contribution in [0.25, 0.3) is 16.7 Å². The van der Waals surface area contributed by atoms with E-state index in [-0.39, 0.29) is 5.38 Å². The monoisotopic (exact) mass is 299 g/mol. The molecule has 0 aliphatic carbocycles. The van der Waals surface area contributed by atoms with Crippen LogP contribution in [-0.4, -0.2) is 23.6 Å². The molecule has 0 N–H and O–H groups in total. The molecule has 0 amide bonds. The van der Waals surface area contributed by atoms with Gasteiger partial charge in [0, 0.05) is 25.5 Å². The number of alkyl halides is 1. The minimum atomic E-state index is -0.152. The Labute approximate surface area is 129 Å². The first kappa shape index (κ1) is 14.0. The number of hydrogen-bond donors (Lipinski definition) is 0. The van der Waals surface area contributed by atoms with Crippen molar-refractivity contribution in [3.63, 3.8) is 0 Å². The number of aromatic nitrogens is 2. The molecule has 1 heterocycles. The van der Waals surface area contributed by atoms with Crippen LogP contribution in [-0.2, 0) is 0 Å². The molecule has 0 fully saturated rings. The third-order valence-electron chi connectivity index (χ3n) is 3.55. The van der Waals surface area contributed by atoms with E-state index in [9.17, 15) is 0 Å². The van der Waals surface area contributed by atoms with E-state index in [0.29, 0.717) is 0 Å². The van der Waals surface area contributed by atoms with Crippen LogP contribution in [0.15, 0.2) is 48.5 Å². The molecule has 0 aliphatic rings. The zero-order valence-corrected chi connectivity index (χ0v) is 13.2. The molecule has 0 spiro atoms. The van der Waals surface area contributed by atoms with E-state index < -0.39 is 0 Å². The van der Waals surface area contributed by atoms with Gasteiger partial charge in [-0.15, -0.1) is 11.6 Å². The van der Waals surface area contributed by atoms with Gasteiger partial charge < -0.3 is 4.90 Å². The lowest BCUT2D eigenvalue weighted by atomic mass is 10.2. The second-order valence-corrected chi connectivity index (χ2v) is 5.98. The molecule has 3 nitrogen and oxygen atoms in total. The standard InChI is InChI=1S/C17H18ClN3/c1-12(18)17-19-15-9-4-5-10-16(15)21(17)14-8-6-7-13(11-14)20(2)3/h4-12H,1-3H3. The molecule has 1 aromatic heterocycles. The molecule has 1 atom stereocenters. The third kappa shape index (κ3) is 2.49. The summed E-state index contributed by atoms with van der Waals surface area (Å²) in [5.74, 6) is 0.869. The van der Waals surface area contributed by atoms with Gasteiger partial charge in [-0.3, -0.25) is 4.57 Å². The minimum Gasteiger partial charge on any atom is -0.378 e. The van der Waals surface area contributed by atoms with Crippen molar-refractivity contribution in [2.24, 2.45) is 0 Å². The number of nitrogens with zero attached hydrogens (tertiary/aromatic N) is 3. The maximum Gasteiger partial charge on any atom is 0.132 e. The predicted molar refractivity (Wildman–Crippen MR) is 89.7 cm³/mol. The smallest absolute Gasteiger partial charge is 0.132 e. The van der Waals surface area contributed by atoms with Gasteiger partial charge in [0.25, 0.3) is 0 Å². The highest BCUT2D eigenvalue weighted by Crippen LogP contribution is 2.29. The van der Waals surface area contributed by atoms with Crippen molar-refractivity contribution in [3.05, 3.63) is 54.4 Å².